The minimum absolute atomic E-state index is 0.0124. The number of H-pyrrole nitrogens is 1. The normalized spacial score (nSPS) is 52.5. The first kappa shape index (κ1) is 28.5. The molecule has 4 N–H and O–H groups in total. The van der Waals surface area contributed by atoms with Crippen LogP contribution >= 0.6 is 15.9 Å². The van der Waals surface area contributed by atoms with Gasteiger partial charge in [-0.2, -0.15) is 0 Å². The molecule has 0 amide bonds. The number of aromatic nitrogens is 1. The second-order valence-corrected chi connectivity index (χ2v) is 17.8. The molecule has 5 fully saturated rings. The predicted molar refractivity (Wildman–Crippen MR) is 172 cm³/mol. The number of aliphatic hydroxyl groups excluding tert-OH is 1. The van der Waals surface area contributed by atoms with E-state index in [1.54, 1.807) is 0 Å². The molecule has 8 heteroatoms. The van der Waals surface area contributed by atoms with E-state index in [9.17, 15) is 15.3 Å². The number of hydrogen-bond donors (Lipinski definition) is 4. The van der Waals surface area contributed by atoms with Crippen LogP contribution in [0.25, 0.3) is 10.9 Å². The highest BCUT2D eigenvalue weighted by atomic mass is 79.9. The number of aliphatic hydroxyl groups is 3. The Bertz CT molecular complexity index is 1800. The van der Waals surface area contributed by atoms with Gasteiger partial charge in [0, 0.05) is 55.2 Å². The molecule has 240 valence electrons. The maximum atomic E-state index is 13.2. The molecule has 1 aromatic heterocycles. The lowest BCUT2D eigenvalue weighted by molar-refractivity contribution is -0.281. The lowest BCUT2D eigenvalue weighted by Gasteiger charge is -2.66. The third-order valence-corrected chi connectivity index (χ3v) is 15.9. The van der Waals surface area contributed by atoms with Gasteiger partial charge in [0.15, 0.2) is 5.60 Å². The number of aromatic amines is 1. The maximum Gasteiger partial charge on any atom is 0.153 e. The van der Waals surface area contributed by atoms with Crippen LogP contribution in [0.15, 0.2) is 34.8 Å². The van der Waals surface area contributed by atoms with E-state index >= 15 is 0 Å². The molecule has 45 heavy (non-hydrogen) atoms. The predicted octanol–water partition coefficient (Wildman–Crippen LogP) is 5.77. The Kier molecular flexibility index (Phi) is 4.97. The molecule has 13 atom stereocenters. The van der Waals surface area contributed by atoms with Crippen LogP contribution in [0.1, 0.15) is 95.2 Å². The number of hydrogen-bond acceptors (Lipinski definition) is 6. The molecule has 3 aliphatic heterocycles. The van der Waals surface area contributed by atoms with E-state index in [2.05, 4.69) is 67.8 Å². The van der Waals surface area contributed by atoms with Crippen LogP contribution in [0.4, 0.5) is 0 Å². The van der Waals surface area contributed by atoms with Gasteiger partial charge in [0.25, 0.3) is 0 Å². The highest BCUT2D eigenvalue weighted by molar-refractivity contribution is 9.10. The largest absolute Gasteiger partial charge is 0.387 e. The number of fused-ring (bicyclic) bond motifs is 5. The molecule has 1 aromatic carbocycles. The fourth-order valence-corrected chi connectivity index (χ4v) is 13.5. The number of benzene rings is 1. The van der Waals surface area contributed by atoms with E-state index in [0.29, 0.717) is 6.42 Å². The van der Waals surface area contributed by atoms with E-state index in [-0.39, 0.29) is 30.0 Å². The standard InChI is InChI=1S/C37H44BrNO6/c1-15(2)28-27(40)31-37(45-31)23(43-28)9-10-33(6)34(7)18(8-11-35(33,37)41)29-25-24-21(39-30(25)34)14-20(38)17-12-16(3)19-13-22(32(4,5)44-29)36(19,42)26(17)24/h14,18-19,22-23,27-29,31,39-42H,1,3,8-13H2,2,4-7H3/t18-,19+,22+,23-,27-,28+,29-,31+,33+,34+,35-,36+,37-/m0/s1. The van der Waals surface area contributed by atoms with Gasteiger partial charge in [-0.1, -0.05) is 48.5 Å². The summed E-state index contributed by atoms with van der Waals surface area (Å²) in [4.78, 5) is 3.92. The number of epoxide rings is 1. The second-order valence-electron chi connectivity index (χ2n) is 17.0. The summed E-state index contributed by atoms with van der Waals surface area (Å²) < 4.78 is 21.4. The Morgan fingerprint density at radius 3 is 2.60 bits per heavy atom. The first-order valence-corrected chi connectivity index (χ1v) is 17.7. The van der Waals surface area contributed by atoms with Crippen molar-refractivity contribution in [3.8, 4) is 0 Å². The highest BCUT2D eigenvalue weighted by Crippen LogP contribution is 2.78. The minimum atomic E-state index is -1.22. The first-order valence-electron chi connectivity index (χ1n) is 16.9. The van der Waals surface area contributed by atoms with Gasteiger partial charge in [0.1, 0.15) is 29.5 Å². The van der Waals surface area contributed by atoms with Crippen LogP contribution in [0.3, 0.4) is 0 Å². The van der Waals surface area contributed by atoms with Gasteiger partial charge in [-0.25, -0.2) is 0 Å². The summed E-state index contributed by atoms with van der Waals surface area (Å²) in [5, 5.41) is 38.6. The van der Waals surface area contributed by atoms with E-state index in [4.69, 9.17) is 14.2 Å². The van der Waals surface area contributed by atoms with E-state index in [1.807, 2.05) is 6.92 Å². The van der Waals surface area contributed by atoms with Crippen molar-refractivity contribution in [2.45, 2.75) is 131 Å². The quantitative estimate of drug-likeness (QED) is 0.226. The third-order valence-electron chi connectivity index (χ3n) is 15.2. The summed E-state index contributed by atoms with van der Waals surface area (Å²) >= 11 is 3.91. The van der Waals surface area contributed by atoms with Crippen molar-refractivity contribution >= 4 is 26.8 Å². The zero-order chi connectivity index (χ0) is 31.6. The zero-order valence-corrected chi connectivity index (χ0v) is 28.4. The van der Waals surface area contributed by atoms with Gasteiger partial charge in [-0.3, -0.25) is 0 Å². The van der Waals surface area contributed by atoms with E-state index in [1.165, 1.54) is 5.56 Å². The van der Waals surface area contributed by atoms with Gasteiger partial charge < -0.3 is 34.5 Å². The summed E-state index contributed by atoms with van der Waals surface area (Å²) in [6, 6.07) is 2.18. The molecule has 3 saturated carbocycles. The molecule has 7 nitrogen and oxygen atoms in total. The summed E-state index contributed by atoms with van der Waals surface area (Å²) in [5.74, 6) is 0.0728. The van der Waals surface area contributed by atoms with E-state index < -0.39 is 51.5 Å². The molecule has 4 heterocycles. The molecule has 1 spiro atoms. The molecule has 0 unspecified atom stereocenters. The number of halogens is 1. The van der Waals surface area contributed by atoms with Gasteiger partial charge >= 0.3 is 0 Å². The van der Waals surface area contributed by atoms with Crippen molar-refractivity contribution in [2.75, 3.05) is 0 Å². The average molecular weight is 679 g/mol. The summed E-state index contributed by atoms with van der Waals surface area (Å²) in [5.41, 5.74) is 2.48. The number of nitrogens with one attached hydrogen (secondary N) is 1. The van der Waals surface area contributed by atoms with Gasteiger partial charge in [-0.05, 0) is 82.1 Å². The van der Waals surface area contributed by atoms with Gasteiger partial charge in [-0.15, -0.1) is 0 Å². The lowest BCUT2D eigenvalue weighted by Crippen LogP contribution is -2.76. The Hall–Kier alpha value is -1.52. The third kappa shape index (κ3) is 2.67. The van der Waals surface area contributed by atoms with Crippen molar-refractivity contribution in [1.29, 1.82) is 0 Å². The maximum absolute atomic E-state index is 13.2. The van der Waals surface area contributed by atoms with Crippen LogP contribution in [0, 0.1) is 23.2 Å². The lowest BCUT2D eigenvalue weighted by atomic mass is 9.40. The Morgan fingerprint density at radius 1 is 1.11 bits per heavy atom. The number of ether oxygens (including phenoxy) is 3. The fraction of sp³-hybridized carbons (Fsp3) is 0.676. The van der Waals surface area contributed by atoms with Crippen LogP contribution in [0.2, 0.25) is 0 Å². The molecule has 10 rings (SSSR count). The van der Waals surface area contributed by atoms with Crippen molar-refractivity contribution < 1.29 is 29.5 Å². The van der Waals surface area contributed by atoms with E-state index in [0.717, 1.165) is 75.4 Å². The second kappa shape index (κ2) is 7.85. The molecular weight excluding hydrogens is 634 g/mol. The van der Waals surface area contributed by atoms with Crippen LogP contribution in [-0.2, 0) is 31.6 Å². The summed E-state index contributed by atoms with van der Waals surface area (Å²) in [7, 11) is 0. The number of rotatable bonds is 1. The van der Waals surface area contributed by atoms with Crippen LogP contribution in [-0.4, -0.2) is 61.5 Å². The van der Waals surface area contributed by atoms with Crippen LogP contribution < -0.4 is 0 Å². The Labute approximate surface area is 272 Å². The smallest absolute Gasteiger partial charge is 0.153 e. The molecule has 2 aromatic rings. The van der Waals surface area contributed by atoms with Crippen molar-refractivity contribution in [1.82, 2.24) is 4.98 Å². The first-order chi connectivity index (χ1) is 21.1. The Balaban J connectivity index is 1.21. The molecule has 5 aliphatic carbocycles. The van der Waals surface area contributed by atoms with Crippen LogP contribution in [0.5, 0.6) is 0 Å². The van der Waals surface area contributed by atoms with Crippen molar-refractivity contribution in [3.63, 3.8) is 0 Å². The molecule has 8 aliphatic rings. The van der Waals surface area contributed by atoms with Crippen molar-refractivity contribution in [3.05, 3.63) is 57.2 Å². The van der Waals surface area contributed by atoms with Gasteiger partial charge in [0.05, 0.1) is 17.8 Å². The minimum Gasteiger partial charge on any atom is -0.387 e. The molecule has 0 radical (unpaired) electrons. The highest BCUT2D eigenvalue weighted by Gasteiger charge is 2.87. The fourth-order valence-electron chi connectivity index (χ4n) is 12.9. The Morgan fingerprint density at radius 2 is 1.87 bits per heavy atom. The zero-order valence-electron chi connectivity index (χ0n) is 26.8. The average Bonchev–Trinajstić information content (AvgIpc) is 3.55. The van der Waals surface area contributed by atoms with Crippen molar-refractivity contribution in [2.24, 2.45) is 23.2 Å². The molecule has 0 bridgehead atoms. The SMILES string of the molecule is C=C(C)[C@H]1O[C@H]2CC[C@@]3(C)[C@@](O)(CC[C@H]4[C@@H]5OC(C)(C)[C@H]6C[C@@H]7C(=C)Cc8c(Br)cc9[nH]c(c5c9c8[C@@]76O)[C@@]43C)[C@]23O[C@@H]3[C@H]1O. The monoisotopic (exact) mass is 677 g/mol. The topological polar surface area (TPSA) is 107 Å². The molecular formula is C37H44BrNO6. The molecule has 2 saturated heterocycles. The summed E-state index contributed by atoms with van der Waals surface area (Å²) in [6.07, 6.45) is 2.07. The summed E-state index contributed by atoms with van der Waals surface area (Å²) in [6.45, 7) is 19.3. The van der Waals surface area contributed by atoms with Gasteiger partial charge in [0.2, 0.25) is 0 Å².